The minimum atomic E-state index is -0.123. The molecule has 2 heterocycles. The van der Waals surface area contributed by atoms with E-state index in [9.17, 15) is 4.79 Å². The number of anilines is 1. The third-order valence-corrected chi connectivity index (χ3v) is 3.39. The zero-order chi connectivity index (χ0) is 15.6. The number of pyridine rings is 1. The summed E-state index contributed by atoms with van der Waals surface area (Å²) in [6.45, 7) is 9.64. The molecule has 0 aliphatic heterocycles. The molecule has 0 saturated carbocycles. The second kappa shape index (κ2) is 5.99. The van der Waals surface area contributed by atoms with E-state index in [1.807, 2.05) is 46.8 Å². The molecule has 2 rings (SSSR count). The summed E-state index contributed by atoms with van der Waals surface area (Å²) < 4.78 is 0. The Morgan fingerprint density at radius 1 is 0.952 bits per heavy atom. The van der Waals surface area contributed by atoms with Crippen LogP contribution < -0.4 is 5.32 Å². The molecule has 0 radical (unpaired) electrons. The molecule has 0 fully saturated rings. The zero-order valence-electron chi connectivity index (χ0n) is 13.1. The van der Waals surface area contributed by atoms with E-state index in [0.717, 1.165) is 33.9 Å². The molecule has 0 aromatic carbocycles. The van der Waals surface area contributed by atoms with Crippen molar-refractivity contribution in [2.75, 3.05) is 5.32 Å². The molecule has 0 atom stereocenters. The topological polar surface area (TPSA) is 67.8 Å². The standard InChI is InChI=1S/C16H20N4O/c1-9-6-14(7-10(2)17-9)8-15(21)20-16-18-12(4)11(3)13(5)19-16/h6-7H,8H2,1-5H3,(H,18,19,20,21). The van der Waals surface area contributed by atoms with Crippen molar-refractivity contribution < 1.29 is 4.79 Å². The fourth-order valence-corrected chi connectivity index (χ4v) is 2.21. The van der Waals surface area contributed by atoms with Gasteiger partial charge in [-0.3, -0.25) is 15.1 Å². The Bertz CT molecular complexity index is 651. The highest BCUT2D eigenvalue weighted by atomic mass is 16.1. The Morgan fingerprint density at radius 2 is 1.48 bits per heavy atom. The highest BCUT2D eigenvalue weighted by molar-refractivity contribution is 5.90. The highest BCUT2D eigenvalue weighted by Crippen LogP contribution is 2.12. The summed E-state index contributed by atoms with van der Waals surface area (Å²) in [4.78, 5) is 25.0. The molecule has 2 aromatic heterocycles. The largest absolute Gasteiger partial charge is 0.294 e. The van der Waals surface area contributed by atoms with Gasteiger partial charge in [0.05, 0.1) is 6.42 Å². The van der Waals surface area contributed by atoms with E-state index in [1.165, 1.54) is 0 Å². The number of nitrogens with zero attached hydrogens (tertiary/aromatic N) is 3. The van der Waals surface area contributed by atoms with Gasteiger partial charge in [0.2, 0.25) is 11.9 Å². The second-order valence-electron chi connectivity index (χ2n) is 5.33. The van der Waals surface area contributed by atoms with Crippen LogP contribution in [0.15, 0.2) is 12.1 Å². The summed E-state index contributed by atoms with van der Waals surface area (Å²) in [6, 6.07) is 3.83. The fourth-order valence-electron chi connectivity index (χ4n) is 2.21. The molecule has 2 aromatic rings. The first-order valence-corrected chi connectivity index (χ1v) is 6.91. The number of aromatic nitrogens is 3. The maximum absolute atomic E-state index is 12.1. The lowest BCUT2D eigenvalue weighted by molar-refractivity contribution is -0.115. The van der Waals surface area contributed by atoms with Crippen LogP contribution in [0, 0.1) is 34.6 Å². The minimum Gasteiger partial charge on any atom is -0.294 e. The van der Waals surface area contributed by atoms with Crippen molar-refractivity contribution >= 4 is 11.9 Å². The average Bonchev–Trinajstić information content (AvgIpc) is 2.34. The van der Waals surface area contributed by atoms with Gasteiger partial charge in [0, 0.05) is 22.8 Å². The van der Waals surface area contributed by atoms with E-state index in [2.05, 4.69) is 20.3 Å². The van der Waals surface area contributed by atoms with Crippen molar-refractivity contribution in [3.05, 3.63) is 46.0 Å². The van der Waals surface area contributed by atoms with Crippen molar-refractivity contribution in [2.24, 2.45) is 0 Å². The summed E-state index contributed by atoms with van der Waals surface area (Å²) in [6.07, 6.45) is 0.291. The van der Waals surface area contributed by atoms with Crippen LogP contribution in [-0.4, -0.2) is 20.9 Å². The van der Waals surface area contributed by atoms with Crippen LogP contribution in [0.3, 0.4) is 0 Å². The van der Waals surface area contributed by atoms with Gasteiger partial charge in [-0.2, -0.15) is 0 Å². The fraction of sp³-hybridized carbons (Fsp3) is 0.375. The predicted octanol–water partition coefficient (Wildman–Crippen LogP) is 2.59. The zero-order valence-corrected chi connectivity index (χ0v) is 13.1. The van der Waals surface area contributed by atoms with Crippen molar-refractivity contribution in [1.29, 1.82) is 0 Å². The quantitative estimate of drug-likeness (QED) is 0.940. The number of hydrogen-bond donors (Lipinski definition) is 1. The molecule has 0 saturated heterocycles. The summed E-state index contributed by atoms with van der Waals surface area (Å²) in [5.74, 6) is 0.241. The Labute approximate surface area is 124 Å². The van der Waals surface area contributed by atoms with Gasteiger partial charge in [0.25, 0.3) is 0 Å². The maximum atomic E-state index is 12.1. The SMILES string of the molecule is Cc1cc(CC(=O)Nc2nc(C)c(C)c(C)n2)cc(C)n1. The lowest BCUT2D eigenvalue weighted by atomic mass is 10.1. The number of aryl methyl sites for hydroxylation is 4. The van der Waals surface area contributed by atoms with Gasteiger partial charge in [-0.1, -0.05) is 0 Å². The van der Waals surface area contributed by atoms with Gasteiger partial charge in [-0.15, -0.1) is 0 Å². The monoisotopic (exact) mass is 284 g/mol. The molecule has 1 N–H and O–H groups in total. The molecule has 1 amide bonds. The molecular weight excluding hydrogens is 264 g/mol. The number of nitrogens with one attached hydrogen (secondary N) is 1. The lowest BCUT2D eigenvalue weighted by Crippen LogP contribution is -2.17. The van der Waals surface area contributed by atoms with Crippen LogP contribution in [0.25, 0.3) is 0 Å². The van der Waals surface area contributed by atoms with Gasteiger partial charge in [0.1, 0.15) is 0 Å². The van der Waals surface area contributed by atoms with Crippen LogP contribution in [-0.2, 0) is 11.2 Å². The van der Waals surface area contributed by atoms with E-state index in [0.29, 0.717) is 12.4 Å². The minimum absolute atomic E-state index is 0.123. The molecule has 21 heavy (non-hydrogen) atoms. The summed E-state index contributed by atoms with van der Waals surface area (Å²) >= 11 is 0. The molecule has 0 aliphatic rings. The molecule has 5 nitrogen and oxygen atoms in total. The third-order valence-electron chi connectivity index (χ3n) is 3.39. The van der Waals surface area contributed by atoms with Gasteiger partial charge in [-0.05, 0) is 57.9 Å². The van der Waals surface area contributed by atoms with Crippen LogP contribution in [0.2, 0.25) is 0 Å². The average molecular weight is 284 g/mol. The van der Waals surface area contributed by atoms with Gasteiger partial charge in [0.15, 0.2) is 0 Å². The van der Waals surface area contributed by atoms with E-state index in [1.54, 1.807) is 0 Å². The van der Waals surface area contributed by atoms with Crippen molar-refractivity contribution in [1.82, 2.24) is 15.0 Å². The van der Waals surface area contributed by atoms with Crippen molar-refractivity contribution in [2.45, 2.75) is 41.0 Å². The number of amides is 1. The predicted molar refractivity (Wildman–Crippen MR) is 82.3 cm³/mol. The molecule has 0 aliphatic carbocycles. The molecule has 0 spiro atoms. The molecule has 110 valence electrons. The van der Waals surface area contributed by atoms with Gasteiger partial charge >= 0.3 is 0 Å². The number of carbonyl (C=O) groups excluding carboxylic acids is 1. The van der Waals surface area contributed by atoms with E-state index in [4.69, 9.17) is 0 Å². The Balaban J connectivity index is 2.11. The van der Waals surface area contributed by atoms with Crippen molar-refractivity contribution in [3.63, 3.8) is 0 Å². The van der Waals surface area contributed by atoms with E-state index >= 15 is 0 Å². The Kier molecular flexibility index (Phi) is 4.31. The smallest absolute Gasteiger partial charge is 0.231 e. The van der Waals surface area contributed by atoms with Gasteiger partial charge in [-0.25, -0.2) is 9.97 Å². The number of hydrogen-bond acceptors (Lipinski definition) is 4. The number of carbonyl (C=O) groups is 1. The highest BCUT2D eigenvalue weighted by Gasteiger charge is 2.09. The maximum Gasteiger partial charge on any atom is 0.231 e. The van der Waals surface area contributed by atoms with E-state index in [-0.39, 0.29) is 5.91 Å². The summed E-state index contributed by atoms with van der Waals surface area (Å²) in [7, 11) is 0. The Hall–Kier alpha value is -2.30. The molecular formula is C16H20N4O. The van der Waals surface area contributed by atoms with Crippen LogP contribution in [0.1, 0.15) is 33.9 Å². The van der Waals surface area contributed by atoms with Crippen LogP contribution >= 0.6 is 0 Å². The van der Waals surface area contributed by atoms with Gasteiger partial charge < -0.3 is 0 Å². The molecule has 0 bridgehead atoms. The second-order valence-corrected chi connectivity index (χ2v) is 5.33. The first kappa shape index (κ1) is 15.1. The first-order valence-electron chi connectivity index (χ1n) is 6.91. The van der Waals surface area contributed by atoms with Crippen molar-refractivity contribution in [3.8, 4) is 0 Å². The number of rotatable bonds is 3. The normalized spacial score (nSPS) is 10.5. The van der Waals surface area contributed by atoms with Crippen LogP contribution in [0.4, 0.5) is 5.95 Å². The van der Waals surface area contributed by atoms with Crippen LogP contribution in [0.5, 0.6) is 0 Å². The summed E-state index contributed by atoms with van der Waals surface area (Å²) in [5, 5.41) is 2.76. The Morgan fingerprint density at radius 3 is 2.00 bits per heavy atom. The van der Waals surface area contributed by atoms with E-state index < -0.39 is 0 Å². The molecule has 0 unspecified atom stereocenters. The third kappa shape index (κ3) is 3.84. The lowest BCUT2D eigenvalue weighted by Gasteiger charge is -2.09. The summed E-state index contributed by atoms with van der Waals surface area (Å²) in [5.41, 5.74) is 5.58. The molecule has 5 heteroatoms. The first-order chi connectivity index (χ1) is 9.85.